The number of hydrogen-bond donors (Lipinski definition) is 2. The van der Waals surface area contributed by atoms with Gasteiger partial charge in [0.05, 0.1) is 10.6 Å². The molecule has 13 heavy (non-hydrogen) atoms. The average molecular weight is 199 g/mol. The number of aromatic hydroxyl groups is 1. The molecule has 2 N–H and O–H groups in total. The van der Waals surface area contributed by atoms with Crippen molar-refractivity contribution < 1.29 is 15.0 Å². The molecule has 0 aliphatic rings. The lowest BCUT2D eigenvalue weighted by molar-refractivity contribution is -0.130. The standard InChI is InChI=1S/C9H7ClO3/c1-5(9(12)13)8-6(10)3-2-4-7(8)11/h2-4,11H,1H2,(H,12,13). The molecule has 0 heterocycles. The van der Waals surface area contributed by atoms with Gasteiger partial charge in [-0.2, -0.15) is 0 Å². The molecule has 0 bridgehead atoms. The number of benzene rings is 1. The minimum Gasteiger partial charge on any atom is -0.507 e. The largest absolute Gasteiger partial charge is 0.507 e. The van der Waals surface area contributed by atoms with Crippen molar-refractivity contribution in [2.45, 2.75) is 0 Å². The zero-order valence-electron chi connectivity index (χ0n) is 6.62. The Bertz CT molecular complexity index is 351. The summed E-state index contributed by atoms with van der Waals surface area (Å²) < 4.78 is 0. The summed E-state index contributed by atoms with van der Waals surface area (Å²) in [5.41, 5.74) is -0.153. The molecular weight excluding hydrogens is 192 g/mol. The van der Waals surface area contributed by atoms with E-state index in [1.165, 1.54) is 18.2 Å². The highest BCUT2D eigenvalue weighted by Crippen LogP contribution is 2.30. The quantitative estimate of drug-likeness (QED) is 0.716. The van der Waals surface area contributed by atoms with Gasteiger partial charge in [-0.1, -0.05) is 24.2 Å². The van der Waals surface area contributed by atoms with Gasteiger partial charge in [0.1, 0.15) is 5.75 Å². The zero-order valence-corrected chi connectivity index (χ0v) is 7.38. The maximum Gasteiger partial charge on any atom is 0.335 e. The second-order valence-corrected chi connectivity index (χ2v) is 2.82. The van der Waals surface area contributed by atoms with Gasteiger partial charge in [-0.05, 0) is 12.1 Å². The number of hydrogen-bond acceptors (Lipinski definition) is 2. The summed E-state index contributed by atoms with van der Waals surface area (Å²) in [5, 5.41) is 18.1. The maximum atomic E-state index is 10.5. The van der Waals surface area contributed by atoms with E-state index in [9.17, 15) is 9.90 Å². The smallest absolute Gasteiger partial charge is 0.335 e. The average Bonchev–Trinajstić information content (AvgIpc) is 2.03. The summed E-state index contributed by atoms with van der Waals surface area (Å²) in [5.74, 6) is -1.39. The molecule has 68 valence electrons. The van der Waals surface area contributed by atoms with E-state index < -0.39 is 5.97 Å². The Hall–Kier alpha value is -1.48. The molecule has 3 nitrogen and oxygen atoms in total. The highest BCUT2D eigenvalue weighted by Gasteiger charge is 2.14. The van der Waals surface area contributed by atoms with Crippen molar-refractivity contribution in [1.29, 1.82) is 0 Å². The normalized spacial score (nSPS) is 9.62. The molecule has 0 atom stereocenters. The molecule has 0 spiro atoms. The number of carboxylic acid groups (broad SMARTS) is 1. The van der Waals surface area contributed by atoms with Crippen LogP contribution in [0.15, 0.2) is 24.8 Å². The highest BCUT2D eigenvalue weighted by atomic mass is 35.5. The van der Waals surface area contributed by atoms with Crippen LogP contribution in [0.2, 0.25) is 5.02 Å². The molecule has 0 aromatic heterocycles. The minimum absolute atomic E-state index is 0.0664. The Morgan fingerprint density at radius 2 is 2.08 bits per heavy atom. The Kier molecular flexibility index (Phi) is 2.58. The van der Waals surface area contributed by atoms with E-state index in [1.807, 2.05) is 0 Å². The Morgan fingerprint density at radius 3 is 2.54 bits per heavy atom. The third-order valence-electron chi connectivity index (χ3n) is 1.55. The van der Waals surface area contributed by atoms with E-state index in [0.29, 0.717) is 0 Å². The number of carbonyl (C=O) groups is 1. The number of rotatable bonds is 2. The summed E-state index contributed by atoms with van der Waals surface area (Å²) in [7, 11) is 0. The topological polar surface area (TPSA) is 57.5 Å². The predicted octanol–water partition coefficient (Wildman–Crippen LogP) is 2.14. The van der Waals surface area contributed by atoms with Crippen molar-refractivity contribution in [1.82, 2.24) is 0 Å². The van der Waals surface area contributed by atoms with Gasteiger partial charge in [0.25, 0.3) is 0 Å². The van der Waals surface area contributed by atoms with E-state index in [2.05, 4.69) is 6.58 Å². The molecule has 1 rings (SSSR count). The van der Waals surface area contributed by atoms with Gasteiger partial charge >= 0.3 is 5.97 Å². The molecule has 0 saturated heterocycles. The summed E-state index contributed by atoms with van der Waals surface area (Å²) in [6.45, 7) is 3.30. The molecule has 0 aliphatic heterocycles. The highest BCUT2D eigenvalue weighted by molar-refractivity contribution is 6.34. The van der Waals surface area contributed by atoms with Crippen LogP contribution in [-0.2, 0) is 4.79 Å². The van der Waals surface area contributed by atoms with E-state index in [1.54, 1.807) is 0 Å². The second kappa shape index (κ2) is 3.49. The molecule has 0 amide bonds. The van der Waals surface area contributed by atoms with Gasteiger partial charge in [-0.15, -0.1) is 0 Å². The Labute approximate surface area is 79.9 Å². The fourth-order valence-corrected chi connectivity index (χ4v) is 1.20. The van der Waals surface area contributed by atoms with Gasteiger partial charge in [0, 0.05) is 5.56 Å². The van der Waals surface area contributed by atoms with Crippen molar-refractivity contribution in [2.24, 2.45) is 0 Å². The molecule has 0 unspecified atom stereocenters. The maximum absolute atomic E-state index is 10.5. The number of halogens is 1. The molecule has 1 aromatic carbocycles. The fourth-order valence-electron chi connectivity index (χ4n) is 0.918. The lowest BCUT2D eigenvalue weighted by Crippen LogP contribution is -1.98. The SMILES string of the molecule is C=C(C(=O)O)c1c(O)cccc1Cl. The molecule has 1 aromatic rings. The third kappa shape index (κ3) is 1.81. The number of phenolic OH excluding ortho intramolecular Hbond substituents is 1. The first-order valence-electron chi connectivity index (χ1n) is 3.44. The Morgan fingerprint density at radius 1 is 1.46 bits per heavy atom. The van der Waals surface area contributed by atoms with Crippen molar-refractivity contribution >= 4 is 23.1 Å². The van der Waals surface area contributed by atoms with Crippen LogP contribution in [0, 0.1) is 0 Å². The number of phenols is 1. The first kappa shape index (κ1) is 9.61. The monoisotopic (exact) mass is 198 g/mol. The second-order valence-electron chi connectivity index (χ2n) is 2.42. The van der Waals surface area contributed by atoms with Gasteiger partial charge in [-0.3, -0.25) is 0 Å². The van der Waals surface area contributed by atoms with Crippen molar-refractivity contribution in [3.8, 4) is 5.75 Å². The number of aliphatic carboxylic acids is 1. The van der Waals surface area contributed by atoms with Crippen molar-refractivity contribution in [3.05, 3.63) is 35.4 Å². The van der Waals surface area contributed by atoms with E-state index in [-0.39, 0.29) is 21.9 Å². The zero-order chi connectivity index (χ0) is 10.0. The lowest BCUT2D eigenvalue weighted by Gasteiger charge is -2.05. The molecule has 0 saturated carbocycles. The van der Waals surface area contributed by atoms with Crippen molar-refractivity contribution in [2.75, 3.05) is 0 Å². The Balaban J connectivity index is 3.28. The van der Waals surface area contributed by atoms with Gasteiger partial charge in [-0.25, -0.2) is 4.79 Å². The van der Waals surface area contributed by atoms with Crippen LogP contribution in [0.3, 0.4) is 0 Å². The van der Waals surface area contributed by atoms with Gasteiger partial charge in [0.2, 0.25) is 0 Å². The molecule has 4 heteroatoms. The number of carboxylic acids is 1. The molecule has 0 radical (unpaired) electrons. The first-order valence-corrected chi connectivity index (χ1v) is 3.82. The van der Waals surface area contributed by atoms with Crippen LogP contribution in [0.1, 0.15) is 5.56 Å². The van der Waals surface area contributed by atoms with Gasteiger partial charge < -0.3 is 10.2 Å². The van der Waals surface area contributed by atoms with Crippen LogP contribution in [0.25, 0.3) is 5.57 Å². The predicted molar refractivity (Wildman–Crippen MR) is 49.8 cm³/mol. The summed E-state index contributed by atoms with van der Waals surface area (Å²) in [6, 6.07) is 4.37. The minimum atomic E-state index is -1.21. The van der Waals surface area contributed by atoms with E-state index >= 15 is 0 Å². The first-order chi connectivity index (χ1) is 6.04. The lowest BCUT2D eigenvalue weighted by atomic mass is 10.1. The van der Waals surface area contributed by atoms with E-state index in [0.717, 1.165) is 0 Å². The summed E-state index contributed by atoms with van der Waals surface area (Å²) in [4.78, 5) is 10.5. The van der Waals surface area contributed by atoms with E-state index in [4.69, 9.17) is 16.7 Å². The van der Waals surface area contributed by atoms with Crippen LogP contribution in [0.5, 0.6) is 5.75 Å². The molecule has 0 aliphatic carbocycles. The fraction of sp³-hybridized carbons (Fsp3) is 0. The van der Waals surface area contributed by atoms with Crippen LogP contribution in [-0.4, -0.2) is 16.2 Å². The summed E-state index contributed by atoms with van der Waals surface area (Å²) in [6.07, 6.45) is 0. The molecule has 0 fully saturated rings. The third-order valence-corrected chi connectivity index (χ3v) is 1.87. The summed E-state index contributed by atoms with van der Waals surface area (Å²) >= 11 is 5.68. The van der Waals surface area contributed by atoms with Crippen LogP contribution in [0.4, 0.5) is 0 Å². The van der Waals surface area contributed by atoms with Crippen LogP contribution < -0.4 is 0 Å². The molecular formula is C9H7ClO3. The van der Waals surface area contributed by atoms with Crippen LogP contribution >= 0.6 is 11.6 Å². The van der Waals surface area contributed by atoms with Crippen molar-refractivity contribution in [3.63, 3.8) is 0 Å². The van der Waals surface area contributed by atoms with Gasteiger partial charge in [0.15, 0.2) is 0 Å².